The molecule has 4 rings (SSSR count). The normalized spacial score (nSPS) is 19.9. The molecule has 0 spiro atoms. The van der Waals surface area contributed by atoms with Gasteiger partial charge in [-0.1, -0.05) is 179 Å². The van der Waals surface area contributed by atoms with Crippen LogP contribution in [0.1, 0.15) is 173 Å². The predicted octanol–water partition coefficient (Wildman–Crippen LogP) is 13.5. The highest BCUT2D eigenvalue weighted by atomic mass is 19.1. The Balaban J connectivity index is 1.15. The number of amides is 1. The van der Waals surface area contributed by atoms with E-state index in [4.69, 9.17) is 18.9 Å². The Labute approximate surface area is 396 Å². The smallest absolute Gasteiger partial charge is 0.220 e. The van der Waals surface area contributed by atoms with Crippen LogP contribution in [-0.2, 0) is 32.0 Å². The Bertz CT molecular complexity index is 1660. The number of hydrogen-bond donors (Lipinski definition) is 3. The summed E-state index contributed by atoms with van der Waals surface area (Å²) >= 11 is 0. The number of aliphatic hydroxyl groups is 2. The zero-order valence-corrected chi connectivity index (χ0v) is 40.7. The zero-order chi connectivity index (χ0) is 47.2. The van der Waals surface area contributed by atoms with E-state index >= 15 is 4.39 Å². The Morgan fingerprint density at radius 2 is 1.23 bits per heavy atom. The van der Waals surface area contributed by atoms with Gasteiger partial charge < -0.3 is 34.5 Å². The quantitative estimate of drug-likeness (QED) is 0.0499. The molecule has 0 aromatic heterocycles. The molecule has 10 heteroatoms. The maximum absolute atomic E-state index is 15.5. The number of rotatable bonds is 36. The summed E-state index contributed by atoms with van der Waals surface area (Å²) < 4.78 is 52.7. The van der Waals surface area contributed by atoms with E-state index in [0.717, 1.165) is 81.9 Å². The fourth-order valence-corrected chi connectivity index (χ4v) is 8.81. The summed E-state index contributed by atoms with van der Waals surface area (Å²) in [6.45, 7) is 6.33. The molecule has 8 nitrogen and oxygen atoms in total. The maximum Gasteiger partial charge on any atom is 0.220 e. The molecule has 1 aliphatic heterocycles. The van der Waals surface area contributed by atoms with Crippen LogP contribution in [0.4, 0.5) is 8.78 Å². The van der Waals surface area contributed by atoms with Crippen LogP contribution in [0.3, 0.4) is 0 Å². The molecule has 8 atom stereocenters. The maximum atomic E-state index is 15.5. The molecule has 3 aromatic rings. The van der Waals surface area contributed by atoms with Gasteiger partial charge in [-0.05, 0) is 79.1 Å². The van der Waals surface area contributed by atoms with Gasteiger partial charge in [0.05, 0.1) is 32.0 Å². The molecule has 0 saturated carbocycles. The summed E-state index contributed by atoms with van der Waals surface area (Å²) in [7, 11) is 0. The number of carbonyl (C=O) groups excluding carboxylic acids is 1. The highest BCUT2D eigenvalue weighted by Gasteiger charge is 2.43. The van der Waals surface area contributed by atoms with Crippen molar-refractivity contribution in [1.29, 1.82) is 0 Å². The lowest BCUT2D eigenvalue weighted by Gasteiger charge is -2.41. The van der Waals surface area contributed by atoms with Gasteiger partial charge in [-0.3, -0.25) is 4.79 Å². The number of alkyl halides is 1. The third kappa shape index (κ3) is 22.1. The van der Waals surface area contributed by atoms with Gasteiger partial charge in [-0.15, -0.1) is 0 Å². The number of ether oxygens (including phenoxy) is 4. The molecule has 1 amide bonds. The van der Waals surface area contributed by atoms with Gasteiger partial charge in [0.15, 0.2) is 6.29 Å². The summed E-state index contributed by atoms with van der Waals surface area (Å²) in [5, 5.41) is 25.6. The van der Waals surface area contributed by atoms with Crippen molar-refractivity contribution in [3.63, 3.8) is 0 Å². The van der Waals surface area contributed by atoms with Gasteiger partial charge in [0, 0.05) is 12.3 Å². The van der Waals surface area contributed by atoms with Crippen molar-refractivity contribution in [3.8, 4) is 11.5 Å². The van der Waals surface area contributed by atoms with E-state index in [0.29, 0.717) is 25.2 Å². The lowest BCUT2D eigenvalue weighted by atomic mass is 9.85. The third-order valence-corrected chi connectivity index (χ3v) is 13.4. The van der Waals surface area contributed by atoms with Crippen LogP contribution in [0.2, 0.25) is 0 Å². The number of benzene rings is 3. The van der Waals surface area contributed by atoms with Crippen LogP contribution < -0.4 is 10.1 Å². The average Bonchev–Trinajstić information content (AvgIpc) is 3.32. The summed E-state index contributed by atoms with van der Waals surface area (Å²) in [5.74, 6) is 0.238. The molecular weight excluding hydrogens is 837 g/mol. The highest BCUT2D eigenvalue weighted by molar-refractivity contribution is 5.76. The SMILES string of the molecule is CCCCCCCCCCCCCC[C@@H](O)[C@@H](O)[C@H](CO[C@H]1OC(COCc2ccccc2)[C@@H](F)[C@H](C)C1C)NC(=O)CCCCCCCCCCc1ccc(Oc2ccc(F)cc2)cc1. The first-order chi connectivity index (χ1) is 32.1. The van der Waals surface area contributed by atoms with Gasteiger partial charge >= 0.3 is 0 Å². The molecule has 2 unspecified atom stereocenters. The van der Waals surface area contributed by atoms with Crippen molar-refractivity contribution in [3.05, 3.63) is 95.8 Å². The average molecular weight is 922 g/mol. The molecule has 370 valence electrons. The van der Waals surface area contributed by atoms with Crippen molar-refractivity contribution in [2.75, 3.05) is 13.2 Å². The third-order valence-electron chi connectivity index (χ3n) is 13.4. The minimum Gasteiger partial charge on any atom is -0.457 e. The summed E-state index contributed by atoms with van der Waals surface area (Å²) in [6, 6.07) is 23.0. The Kier molecular flexibility index (Phi) is 27.7. The number of unbranched alkanes of at least 4 members (excludes halogenated alkanes) is 18. The van der Waals surface area contributed by atoms with Crippen LogP contribution in [-0.4, -0.2) is 66.1 Å². The molecular formula is C56H85F2NO7. The Morgan fingerprint density at radius 1 is 0.682 bits per heavy atom. The van der Waals surface area contributed by atoms with Crippen LogP contribution in [0.25, 0.3) is 0 Å². The monoisotopic (exact) mass is 922 g/mol. The topological polar surface area (TPSA) is 106 Å². The molecule has 1 saturated heterocycles. The van der Waals surface area contributed by atoms with E-state index in [-0.39, 0.29) is 36.8 Å². The molecule has 66 heavy (non-hydrogen) atoms. The van der Waals surface area contributed by atoms with Crippen molar-refractivity contribution in [2.24, 2.45) is 11.8 Å². The number of aryl methyl sites for hydroxylation is 1. The number of hydrogen-bond acceptors (Lipinski definition) is 7. The molecule has 0 radical (unpaired) electrons. The van der Waals surface area contributed by atoms with E-state index in [1.807, 2.05) is 56.3 Å². The van der Waals surface area contributed by atoms with Crippen molar-refractivity contribution in [2.45, 2.75) is 212 Å². The van der Waals surface area contributed by atoms with Crippen LogP contribution in [0.5, 0.6) is 11.5 Å². The summed E-state index contributed by atoms with van der Waals surface area (Å²) in [5.41, 5.74) is 2.26. The fraction of sp³-hybridized carbons (Fsp3) is 0.661. The number of halogens is 2. The molecule has 1 aliphatic rings. The fourth-order valence-electron chi connectivity index (χ4n) is 8.81. The molecule has 0 aliphatic carbocycles. The zero-order valence-electron chi connectivity index (χ0n) is 40.7. The van der Waals surface area contributed by atoms with Gasteiger partial charge in [-0.25, -0.2) is 8.78 Å². The van der Waals surface area contributed by atoms with Crippen molar-refractivity contribution >= 4 is 5.91 Å². The summed E-state index contributed by atoms with van der Waals surface area (Å²) in [6.07, 6.45) is 19.7. The highest BCUT2D eigenvalue weighted by Crippen LogP contribution is 2.34. The van der Waals surface area contributed by atoms with E-state index in [1.54, 1.807) is 12.1 Å². The summed E-state index contributed by atoms with van der Waals surface area (Å²) in [4.78, 5) is 13.3. The first-order valence-electron chi connectivity index (χ1n) is 25.8. The largest absolute Gasteiger partial charge is 0.457 e. The number of nitrogens with one attached hydrogen (secondary N) is 1. The standard InChI is InChI=1S/C56H85F2NO7/c1-4-5-6-7-8-9-10-11-12-16-19-25-30-51(60)55(62)50(41-64-56-44(3)43(2)54(58)52(66-56)42-63-40-46-28-23-21-24-29-46)59-53(61)31-26-20-17-14-13-15-18-22-27-45-32-36-48(37-33-45)65-49-38-34-47(57)35-39-49/h21,23-24,28-29,32-39,43-44,50-52,54-56,60,62H,4-20,22,25-27,30-31,40-42H2,1-3H3,(H,59,61)/t43-,44?,50+,51-,52?,54+,55+,56+/m1/s1. The van der Waals surface area contributed by atoms with E-state index in [2.05, 4.69) is 24.4 Å². The number of aliphatic hydroxyl groups excluding tert-OH is 2. The van der Waals surface area contributed by atoms with Gasteiger partial charge in [-0.2, -0.15) is 0 Å². The Morgan fingerprint density at radius 3 is 1.83 bits per heavy atom. The van der Waals surface area contributed by atoms with Gasteiger partial charge in [0.25, 0.3) is 0 Å². The van der Waals surface area contributed by atoms with E-state index in [1.165, 1.54) is 81.9 Å². The van der Waals surface area contributed by atoms with Crippen LogP contribution in [0, 0.1) is 17.7 Å². The van der Waals surface area contributed by atoms with E-state index < -0.39 is 36.8 Å². The van der Waals surface area contributed by atoms with Gasteiger partial charge in [0.1, 0.15) is 35.7 Å². The second-order valence-corrected chi connectivity index (χ2v) is 19.0. The first-order valence-corrected chi connectivity index (χ1v) is 25.8. The van der Waals surface area contributed by atoms with E-state index in [9.17, 15) is 19.4 Å². The second kappa shape index (κ2) is 33.1. The molecule has 3 N–H and O–H groups in total. The minimum absolute atomic E-state index is 0.0712. The second-order valence-electron chi connectivity index (χ2n) is 19.0. The molecule has 0 bridgehead atoms. The lowest BCUT2D eigenvalue weighted by Crippen LogP contribution is -2.54. The minimum atomic E-state index is -1.23. The van der Waals surface area contributed by atoms with Crippen LogP contribution in [0.15, 0.2) is 78.9 Å². The molecule has 1 heterocycles. The van der Waals surface area contributed by atoms with Crippen LogP contribution >= 0.6 is 0 Å². The number of carbonyl (C=O) groups is 1. The molecule has 1 fully saturated rings. The Hall–Kier alpha value is -3.41. The van der Waals surface area contributed by atoms with Gasteiger partial charge in [0.2, 0.25) is 5.91 Å². The molecule has 3 aromatic carbocycles. The predicted molar refractivity (Wildman–Crippen MR) is 262 cm³/mol. The lowest BCUT2D eigenvalue weighted by molar-refractivity contribution is -0.264. The van der Waals surface area contributed by atoms with Crippen molar-refractivity contribution < 1.29 is 42.7 Å². The van der Waals surface area contributed by atoms with Crippen molar-refractivity contribution in [1.82, 2.24) is 5.32 Å². The first kappa shape index (κ1) is 55.2.